The maximum absolute atomic E-state index is 12.3. The summed E-state index contributed by atoms with van der Waals surface area (Å²) in [5.74, 6) is 0.888. The second-order valence-electron chi connectivity index (χ2n) is 6.67. The molecule has 0 atom stereocenters. The third-order valence-electron chi connectivity index (χ3n) is 4.69. The van der Waals surface area contributed by atoms with E-state index >= 15 is 0 Å². The molecule has 1 aromatic heterocycles. The maximum atomic E-state index is 12.3. The van der Waals surface area contributed by atoms with E-state index in [1.165, 1.54) is 37.1 Å². The van der Waals surface area contributed by atoms with Crippen molar-refractivity contribution in [1.82, 2.24) is 15.1 Å². The third-order valence-corrected chi connectivity index (χ3v) is 4.69. The van der Waals surface area contributed by atoms with Gasteiger partial charge in [0.2, 0.25) is 0 Å². The van der Waals surface area contributed by atoms with Gasteiger partial charge in [0.05, 0.1) is 6.26 Å². The molecule has 3 rings (SSSR count). The van der Waals surface area contributed by atoms with Crippen molar-refractivity contribution in [2.24, 2.45) is 0 Å². The normalized spacial score (nSPS) is 14.6. The number of carbonyl (C=O) groups is 1. The van der Waals surface area contributed by atoms with Crippen molar-refractivity contribution in [3.63, 3.8) is 0 Å². The molecule has 2 amide bonds. The van der Waals surface area contributed by atoms with Crippen LogP contribution in [0, 0.1) is 0 Å². The van der Waals surface area contributed by atoms with Crippen LogP contribution < -0.4 is 5.32 Å². The number of furan rings is 1. The third kappa shape index (κ3) is 5.10. The summed E-state index contributed by atoms with van der Waals surface area (Å²) < 4.78 is 5.28. The second kappa shape index (κ2) is 8.72. The first-order valence-electron chi connectivity index (χ1n) is 9.03. The maximum Gasteiger partial charge on any atom is 0.317 e. The summed E-state index contributed by atoms with van der Waals surface area (Å²) >= 11 is 0. The van der Waals surface area contributed by atoms with Gasteiger partial charge >= 0.3 is 6.03 Å². The van der Waals surface area contributed by atoms with E-state index in [0.717, 1.165) is 12.3 Å². The molecule has 25 heavy (non-hydrogen) atoms. The van der Waals surface area contributed by atoms with Gasteiger partial charge in [0.1, 0.15) is 5.76 Å². The topological polar surface area (TPSA) is 48.7 Å². The van der Waals surface area contributed by atoms with Crippen LogP contribution in [0.1, 0.15) is 29.7 Å². The van der Waals surface area contributed by atoms with Crippen LogP contribution in [0.15, 0.2) is 47.1 Å². The molecule has 0 spiro atoms. The molecular formula is C20H27N3O2. The summed E-state index contributed by atoms with van der Waals surface area (Å²) in [6.07, 6.45) is 4.94. The summed E-state index contributed by atoms with van der Waals surface area (Å²) in [5.41, 5.74) is 2.54. The average Bonchev–Trinajstić information content (AvgIpc) is 3.30. The zero-order chi connectivity index (χ0) is 17.5. The number of benzene rings is 1. The Morgan fingerprint density at radius 3 is 2.64 bits per heavy atom. The number of amides is 2. The first kappa shape index (κ1) is 17.5. The molecular weight excluding hydrogens is 314 g/mol. The van der Waals surface area contributed by atoms with Crippen LogP contribution in [-0.4, -0.2) is 42.5 Å². The molecule has 5 heteroatoms. The minimum Gasteiger partial charge on any atom is -0.469 e. The summed E-state index contributed by atoms with van der Waals surface area (Å²) in [6.45, 7) is 4.53. The van der Waals surface area contributed by atoms with Crippen molar-refractivity contribution in [2.45, 2.75) is 32.4 Å². The molecule has 0 aliphatic carbocycles. The smallest absolute Gasteiger partial charge is 0.317 e. The second-order valence-corrected chi connectivity index (χ2v) is 6.67. The van der Waals surface area contributed by atoms with Crippen LogP contribution >= 0.6 is 0 Å². The number of nitrogens with one attached hydrogen (secondary N) is 1. The Bertz CT molecular complexity index is 663. The fourth-order valence-electron chi connectivity index (χ4n) is 3.26. The van der Waals surface area contributed by atoms with Gasteiger partial charge in [-0.25, -0.2) is 4.79 Å². The number of likely N-dealkylation sites (tertiary alicyclic amines) is 1. The lowest BCUT2D eigenvalue weighted by Crippen LogP contribution is -2.38. The van der Waals surface area contributed by atoms with Crippen LogP contribution in [0.3, 0.4) is 0 Å². The molecule has 0 saturated carbocycles. The Hall–Kier alpha value is -2.27. The van der Waals surface area contributed by atoms with E-state index in [0.29, 0.717) is 19.5 Å². The molecule has 1 aromatic carbocycles. The van der Waals surface area contributed by atoms with Crippen molar-refractivity contribution >= 4 is 6.03 Å². The van der Waals surface area contributed by atoms with Crippen LogP contribution in [0.4, 0.5) is 4.79 Å². The van der Waals surface area contributed by atoms with Crippen molar-refractivity contribution in [2.75, 3.05) is 26.7 Å². The van der Waals surface area contributed by atoms with Gasteiger partial charge < -0.3 is 14.6 Å². The van der Waals surface area contributed by atoms with E-state index in [9.17, 15) is 4.79 Å². The SMILES string of the molecule is CN(Cc1ccccc1CN1CCCC1)C(=O)NCCc1ccco1. The average molecular weight is 341 g/mol. The van der Waals surface area contributed by atoms with E-state index in [1.54, 1.807) is 11.2 Å². The summed E-state index contributed by atoms with van der Waals surface area (Å²) in [4.78, 5) is 16.5. The van der Waals surface area contributed by atoms with Crippen LogP contribution in [0.2, 0.25) is 0 Å². The monoisotopic (exact) mass is 341 g/mol. The standard InChI is InChI=1S/C20H27N3O2/c1-22(20(24)21-11-10-19-9-6-14-25-19)15-17-7-2-3-8-18(17)16-23-12-4-5-13-23/h2-3,6-9,14H,4-5,10-13,15-16H2,1H3,(H,21,24). The number of hydrogen-bond acceptors (Lipinski definition) is 3. The Morgan fingerprint density at radius 1 is 1.16 bits per heavy atom. The summed E-state index contributed by atoms with van der Waals surface area (Å²) in [7, 11) is 1.84. The van der Waals surface area contributed by atoms with Crippen molar-refractivity contribution in [1.29, 1.82) is 0 Å². The Labute approximate surface area is 149 Å². The number of carbonyl (C=O) groups excluding carboxylic acids is 1. The van der Waals surface area contributed by atoms with Crippen molar-refractivity contribution < 1.29 is 9.21 Å². The van der Waals surface area contributed by atoms with Gasteiger partial charge in [0.15, 0.2) is 0 Å². The van der Waals surface area contributed by atoms with Gasteiger partial charge in [-0.3, -0.25) is 4.90 Å². The molecule has 0 unspecified atom stereocenters. The highest BCUT2D eigenvalue weighted by Gasteiger charge is 2.15. The first-order chi connectivity index (χ1) is 12.2. The van der Waals surface area contributed by atoms with E-state index in [4.69, 9.17) is 4.42 Å². The predicted octanol–water partition coefficient (Wildman–Crippen LogP) is 3.26. The highest BCUT2D eigenvalue weighted by Crippen LogP contribution is 2.17. The summed E-state index contributed by atoms with van der Waals surface area (Å²) in [6, 6.07) is 12.2. The fraction of sp³-hybridized carbons (Fsp3) is 0.450. The van der Waals surface area contributed by atoms with Crippen molar-refractivity contribution in [3.8, 4) is 0 Å². The van der Waals surface area contributed by atoms with Crippen LogP contribution in [-0.2, 0) is 19.5 Å². The minimum atomic E-state index is -0.0532. The van der Waals surface area contributed by atoms with Gasteiger partial charge in [-0.2, -0.15) is 0 Å². The van der Waals surface area contributed by atoms with E-state index in [-0.39, 0.29) is 6.03 Å². The van der Waals surface area contributed by atoms with Crippen LogP contribution in [0.5, 0.6) is 0 Å². The lowest BCUT2D eigenvalue weighted by atomic mass is 10.1. The zero-order valence-electron chi connectivity index (χ0n) is 14.9. The Kier molecular flexibility index (Phi) is 6.12. The fourth-order valence-corrected chi connectivity index (χ4v) is 3.26. The largest absolute Gasteiger partial charge is 0.469 e. The minimum absolute atomic E-state index is 0.0532. The van der Waals surface area contributed by atoms with Gasteiger partial charge in [-0.15, -0.1) is 0 Å². The van der Waals surface area contributed by atoms with Gasteiger partial charge in [-0.1, -0.05) is 24.3 Å². The van der Waals surface area contributed by atoms with E-state index in [1.807, 2.05) is 25.2 Å². The van der Waals surface area contributed by atoms with Crippen molar-refractivity contribution in [3.05, 3.63) is 59.5 Å². The van der Waals surface area contributed by atoms with E-state index < -0.39 is 0 Å². The Balaban J connectivity index is 1.51. The molecule has 1 saturated heterocycles. The number of hydrogen-bond donors (Lipinski definition) is 1. The lowest BCUT2D eigenvalue weighted by Gasteiger charge is -2.22. The molecule has 1 aliphatic rings. The molecule has 2 aromatic rings. The quantitative estimate of drug-likeness (QED) is 0.841. The molecule has 1 N–H and O–H groups in total. The highest BCUT2D eigenvalue weighted by molar-refractivity contribution is 5.73. The molecule has 1 fully saturated rings. The molecule has 0 bridgehead atoms. The predicted molar refractivity (Wildman–Crippen MR) is 98.2 cm³/mol. The number of nitrogens with zero attached hydrogens (tertiary/aromatic N) is 2. The number of rotatable bonds is 7. The molecule has 2 heterocycles. The van der Waals surface area contributed by atoms with Gasteiger partial charge in [0.25, 0.3) is 0 Å². The lowest BCUT2D eigenvalue weighted by molar-refractivity contribution is 0.206. The van der Waals surface area contributed by atoms with Gasteiger partial charge in [-0.05, 0) is 49.2 Å². The number of urea groups is 1. The molecule has 1 aliphatic heterocycles. The summed E-state index contributed by atoms with van der Waals surface area (Å²) in [5, 5.41) is 2.95. The molecule has 0 radical (unpaired) electrons. The Morgan fingerprint density at radius 2 is 1.92 bits per heavy atom. The first-order valence-corrected chi connectivity index (χ1v) is 9.03. The molecule has 134 valence electrons. The van der Waals surface area contributed by atoms with E-state index in [2.05, 4.69) is 28.4 Å². The van der Waals surface area contributed by atoms with Gasteiger partial charge in [0, 0.05) is 33.1 Å². The molecule has 5 nitrogen and oxygen atoms in total. The highest BCUT2D eigenvalue weighted by atomic mass is 16.3. The zero-order valence-corrected chi connectivity index (χ0v) is 14.9. The van der Waals surface area contributed by atoms with Crippen LogP contribution in [0.25, 0.3) is 0 Å².